The average Bonchev–Trinajstić information content (AvgIpc) is 2.66. The number of benzene rings is 1. The number of nitrogens with zero attached hydrogens (tertiary/aromatic N) is 2. The Balaban J connectivity index is 2.64. The standard InChI is InChI=1S/C13H13BrN2O3/c1-7-15-11(13(17)18)12(16(7)2)8-4-5-10(19-3)9(14)6-8/h4-6H,1-3H3,(H,17,18). The summed E-state index contributed by atoms with van der Waals surface area (Å²) in [6, 6.07) is 5.42. The molecular weight excluding hydrogens is 312 g/mol. The van der Waals surface area contributed by atoms with Gasteiger partial charge in [0.15, 0.2) is 5.69 Å². The monoisotopic (exact) mass is 324 g/mol. The third kappa shape index (κ3) is 2.35. The zero-order valence-electron chi connectivity index (χ0n) is 10.8. The molecule has 0 amide bonds. The number of carboxylic acids is 1. The summed E-state index contributed by atoms with van der Waals surface area (Å²) in [5, 5.41) is 9.22. The number of aromatic nitrogens is 2. The van der Waals surface area contributed by atoms with Crippen LogP contribution in [0, 0.1) is 6.92 Å². The van der Waals surface area contributed by atoms with E-state index in [9.17, 15) is 9.90 Å². The Bertz CT molecular complexity index is 650. The first-order valence-corrected chi connectivity index (χ1v) is 6.35. The molecule has 19 heavy (non-hydrogen) atoms. The van der Waals surface area contributed by atoms with Gasteiger partial charge in [0.2, 0.25) is 0 Å². The van der Waals surface area contributed by atoms with Crippen LogP contribution in [0.5, 0.6) is 5.75 Å². The van der Waals surface area contributed by atoms with Crippen LogP contribution in [-0.2, 0) is 7.05 Å². The molecule has 0 spiro atoms. The van der Waals surface area contributed by atoms with Crippen LogP contribution in [0.1, 0.15) is 16.3 Å². The average molecular weight is 325 g/mol. The van der Waals surface area contributed by atoms with Gasteiger partial charge in [-0.05, 0) is 41.1 Å². The van der Waals surface area contributed by atoms with E-state index in [1.807, 2.05) is 12.1 Å². The maximum atomic E-state index is 11.3. The fraction of sp³-hybridized carbons (Fsp3) is 0.231. The number of carbonyl (C=O) groups is 1. The Kier molecular flexibility index (Phi) is 3.61. The minimum absolute atomic E-state index is 0.0528. The van der Waals surface area contributed by atoms with E-state index in [1.54, 1.807) is 31.7 Å². The van der Waals surface area contributed by atoms with E-state index < -0.39 is 5.97 Å². The van der Waals surface area contributed by atoms with Crippen LogP contribution in [0.2, 0.25) is 0 Å². The Hall–Kier alpha value is -1.82. The van der Waals surface area contributed by atoms with Gasteiger partial charge in [0, 0.05) is 12.6 Å². The molecule has 0 atom stereocenters. The first-order chi connectivity index (χ1) is 8.95. The van der Waals surface area contributed by atoms with E-state index in [2.05, 4.69) is 20.9 Å². The van der Waals surface area contributed by atoms with E-state index in [0.29, 0.717) is 17.3 Å². The van der Waals surface area contributed by atoms with E-state index in [1.165, 1.54) is 0 Å². The molecule has 1 heterocycles. The van der Waals surface area contributed by atoms with Gasteiger partial charge in [-0.25, -0.2) is 9.78 Å². The highest BCUT2D eigenvalue weighted by molar-refractivity contribution is 9.10. The first kappa shape index (κ1) is 13.6. The van der Waals surface area contributed by atoms with Crippen molar-refractivity contribution in [3.63, 3.8) is 0 Å². The maximum absolute atomic E-state index is 11.3. The molecule has 1 N–H and O–H groups in total. The van der Waals surface area contributed by atoms with Crippen molar-refractivity contribution in [3.8, 4) is 17.0 Å². The lowest BCUT2D eigenvalue weighted by atomic mass is 10.1. The largest absolute Gasteiger partial charge is 0.496 e. The van der Waals surface area contributed by atoms with Crippen LogP contribution in [0.3, 0.4) is 0 Å². The molecule has 0 saturated heterocycles. The molecule has 1 aromatic heterocycles. The number of rotatable bonds is 3. The quantitative estimate of drug-likeness (QED) is 0.942. The summed E-state index contributed by atoms with van der Waals surface area (Å²) in [5.41, 5.74) is 1.40. The molecule has 100 valence electrons. The van der Waals surface area contributed by atoms with Crippen LogP contribution in [0.15, 0.2) is 22.7 Å². The van der Waals surface area contributed by atoms with Crippen LogP contribution in [0.4, 0.5) is 0 Å². The number of carboxylic acid groups (broad SMARTS) is 1. The summed E-state index contributed by atoms with van der Waals surface area (Å²) >= 11 is 3.40. The van der Waals surface area contributed by atoms with E-state index >= 15 is 0 Å². The van der Waals surface area contributed by atoms with Crippen molar-refractivity contribution < 1.29 is 14.6 Å². The SMILES string of the molecule is COc1ccc(-c2c(C(=O)O)nc(C)n2C)cc1Br. The van der Waals surface area contributed by atoms with Crippen LogP contribution in [-0.4, -0.2) is 27.7 Å². The van der Waals surface area contributed by atoms with E-state index in [-0.39, 0.29) is 5.69 Å². The molecular formula is C13H13BrN2O3. The molecule has 0 unspecified atom stereocenters. The second-order valence-corrected chi connectivity index (χ2v) is 4.92. The van der Waals surface area contributed by atoms with Crippen molar-refractivity contribution in [2.24, 2.45) is 7.05 Å². The topological polar surface area (TPSA) is 64.3 Å². The molecule has 2 aromatic rings. The molecule has 1 aromatic carbocycles. The van der Waals surface area contributed by atoms with Crippen molar-refractivity contribution in [2.75, 3.05) is 7.11 Å². The van der Waals surface area contributed by atoms with Crippen LogP contribution >= 0.6 is 15.9 Å². The van der Waals surface area contributed by atoms with Gasteiger partial charge in [0.05, 0.1) is 17.3 Å². The molecule has 0 aliphatic carbocycles. The summed E-state index contributed by atoms with van der Waals surface area (Å²) in [4.78, 5) is 15.3. The van der Waals surface area contributed by atoms with Gasteiger partial charge in [-0.1, -0.05) is 0 Å². The predicted molar refractivity (Wildman–Crippen MR) is 74.6 cm³/mol. The number of hydrogen-bond acceptors (Lipinski definition) is 3. The van der Waals surface area contributed by atoms with Crippen molar-refractivity contribution in [1.29, 1.82) is 0 Å². The molecule has 0 aliphatic rings. The summed E-state index contributed by atoms with van der Waals surface area (Å²) in [7, 11) is 3.37. The van der Waals surface area contributed by atoms with Gasteiger partial charge in [0.1, 0.15) is 11.6 Å². The molecule has 0 fully saturated rings. The smallest absolute Gasteiger partial charge is 0.356 e. The van der Waals surface area contributed by atoms with Crippen molar-refractivity contribution in [2.45, 2.75) is 6.92 Å². The number of methoxy groups -OCH3 is 1. The lowest BCUT2D eigenvalue weighted by Gasteiger charge is -2.08. The Morgan fingerprint density at radius 3 is 2.68 bits per heavy atom. The highest BCUT2D eigenvalue weighted by Gasteiger charge is 2.20. The number of aryl methyl sites for hydroxylation is 1. The first-order valence-electron chi connectivity index (χ1n) is 5.56. The van der Waals surface area contributed by atoms with Crippen molar-refractivity contribution in [1.82, 2.24) is 9.55 Å². The van der Waals surface area contributed by atoms with Crippen LogP contribution in [0.25, 0.3) is 11.3 Å². The van der Waals surface area contributed by atoms with Gasteiger partial charge in [0.25, 0.3) is 0 Å². The highest BCUT2D eigenvalue weighted by atomic mass is 79.9. The summed E-state index contributed by atoms with van der Waals surface area (Å²) in [6.07, 6.45) is 0. The Labute approximate surface area is 119 Å². The number of ether oxygens (including phenoxy) is 1. The fourth-order valence-electron chi connectivity index (χ4n) is 1.90. The zero-order chi connectivity index (χ0) is 14.2. The van der Waals surface area contributed by atoms with Gasteiger partial charge in [-0.15, -0.1) is 0 Å². The van der Waals surface area contributed by atoms with Crippen LogP contribution < -0.4 is 4.74 Å². The molecule has 2 rings (SSSR count). The van der Waals surface area contributed by atoms with Gasteiger partial charge in [-0.3, -0.25) is 0 Å². The second-order valence-electron chi connectivity index (χ2n) is 4.07. The Morgan fingerprint density at radius 2 is 2.16 bits per heavy atom. The molecule has 0 bridgehead atoms. The molecule has 5 nitrogen and oxygen atoms in total. The summed E-state index contributed by atoms with van der Waals surface area (Å²) in [6.45, 7) is 1.77. The third-order valence-corrected chi connectivity index (χ3v) is 3.57. The highest BCUT2D eigenvalue weighted by Crippen LogP contribution is 2.32. The number of imidazole rings is 1. The number of hydrogen-bond donors (Lipinski definition) is 1. The normalized spacial score (nSPS) is 10.5. The summed E-state index contributed by atoms with van der Waals surface area (Å²) in [5.74, 6) is 0.310. The second kappa shape index (κ2) is 5.05. The number of aromatic carboxylic acids is 1. The van der Waals surface area contributed by atoms with E-state index in [4.69, 9.17) is 4.74 Å². The molecule has 0 aliphatic heterocycles. The molecule has 0 saturated carbocycles. The van der Waals surface area contributed by atoms with Gasteiger partial charge >= 0.3 is 5.97 Å². The minimum atomic E-state index is -1.04. The zero-order valence-corrected chi connectivity index (χ0v) is 12.4. The van der Waals surface area contributed by atoms with Gasteiger partial charge in [-0.2, -0.15) is 0 Å². The lowest BCUT2D eigenvalue weighted by Crippen LogP contribution is -2.01. The summed E-state index contributed by atoms with van der Waals surface area (Å²) < 4.78 is 7.69. The minimum Gasteiger partial charge on any atom is -0.496 e. The Morgan fingerprint density at radius 1 is 1.47 bits per heavy atom. The lowest BCUT2D eigenvalue weighted by molar-refractivity contribution is 0.0692. The molecule has 0 radical (unpaired) electrons. The maximum Gasteiger partial charge on any atom is 0.356 e. The number of halogens is 1. The van der Waals surface area contributed by atoms with Crippen molar-refractivity contribution in [3.05, 3.63) is 34.2 Å². The van der Waals surface area contributed by atoms with Gasteiger partial charge < -0.3 is 14.4 Å². The third-order valence-electron chi connectivity index (χ3n) is 2.95. The fourth-order valence-corrected chi connectivity index (χ4v) is 2.44. The van der Waals surface area contributed by atoms with Crippen molar-refractivity contribution >= 4 is 21.9 Å². The predicted octanol–water partition coefficient (Wildman–Crippen LogP) is 2.86. The van der Waals surface area contributed by atoms with E-state index in [0.717, 1.165) is 10.0 Å². The molecule has 6 heteroatoms.